The van der Waals surface area contributed by atoms with Crippen molar-refractivity contribution in [2.24, 2.45) is 0 Å². The summed E-state index contributed by atoms with van der Waals surface area (Å²) in [5.41, 5.74) is 2.03. The van der Waals surface area contributed by atoms with E-state index in [0.717, 1.165) is 36.8 Å². The third-order valence-electron chi connectivity index (χ3n) is 3.02. The highest BCUT2D eigenvalue weighted by Crippen LogP contribution is 2.17. The molecule has 1 aromatic heterocycles. The van der Waals surface area contributed by atoms with E-state index in [1.807, 2.05) is 31.2 Å². The second-order valence-corrected chi connectivity index (χ2v) is 4.39. The first-order chi connectivity index (χ1) is 8.83. The lowest BCUT2D eigenvalue weighted by Gasteiger charge is -2.13. The molecule has 0 amide bonds. The van der Waals surface area contributed by atoms with Crippen molar-refractivity contribution in [2.75, 3.05) is 18.5 Å². The molecule has 2 heterocycles. The number of benzene rings is 1. The van der Waals surface area contributed by atoms with Crippen LogP contribution in [0.4, 0.5) is 5.69 Å². The number of anilines is 1. The molecule has 6 nitrogen and oxygen atoms in total. The molecule has 1 atom stereocenters. The highest BCUT2D eigenvalue weighted by Gasteiger charge is 2.15. The first-order valence-electron chi connectivity index (χ1n) is 6.02. The fraction of sp³-hybridized carbons (Fsp3) is 0.417. The predicted molar refractivity (Wildman–Crippen MR) is 66.7 cm³/mol. The van der Waals surface area contributed by atoms with Crippen LogP contribution in [0.3, 0.4) is 0 Å². The molecule has 1 aromatic carbocycles. The number of nitrogens with one attached hydrogen (secondary N) is 1. The van der Waals surface area contributed by atoms with Gasteiger partial charge in [-0.25, -0.2) is 0 Å². The molecule has 1 aliphatic rings. The van der Waals surface area contributed by atoms with Crippen molar-refractivity contribution in [1.29, 1.82) is 0 Å². The molecular formula is C12H15N5O. The lowest BCUT2D eigenvalue weighted by molar-refractivity contribution is 0.195. The van der Waals surface area contributed by atoms with E-state index in [9.17, 15) is 0 Å². The Kier molecular flexibility index (Phi) is 2.93. The van der Waals surface area contributed by atoms with Gasteiger partial charge in [0.05, 0.1) is 18.3 Å². The summed E-state index contributed by atoms with van der Waals surface area (Å²) in [5, 5.41) is 15.0. The molecule has 1 saturated heterocycles. The van der Waals surface area contributed by atoms with Crippen molar-refractivity contribution < 1.29 is 4.74 Å². The third-order valence-corrected chi connectivity index (χ3v) is 3.02. The number of hydrogen-bond acceptors (Lipinski definition) is 5. The van der Waals surface area contributed by atoms with E-state index in [0.29, 0.717) is 6.04 Å². The topological polar surface area (TPSA) is 64.9 Å². The van der Waals surface area contributed by atoms with Gasteiger partial charge in [0.2, 0.25) is 0 Å². The molecule has 1 aliphatic heterocycles. The van der Waals surface area contributed by atoms with Gasteiger partial charge in [-0.15, -0.1) is 5.10 Å². The Morgan fingerprint density at radius 2 is 2.39 bits per heavy atom. The molecular weight excluding hydrogens is 230 g/mol. The first-order valence-corrected chi connectivity index (χ1v) is 6.02. The molecule has 3 rings (SSSR count). The summed E-state index contributed by atoms with van der Waals surface area (Å²) in [5.74, 6) is 0.774. The summed E-state index contributed by atoms with van der Waals surface area (Å²) >= 11 is 0. The number of aromatic nitrogens is 4. The fourth-order valence-electron chi connectivity index (χ4n) is 2.08. The van der Waals surface area contributed by atoms with Gasteiger partial charge < -0.3 is 10.1 Å². The van der Waals surface area contributed by atoms with Crippen LogP contribution in [0.2, 0.25) is 0 Å². The van der Waals surface area contributed by atoms with E-state index >= 15 is 0 Å². The summed E-state index contributed by atoms with van der Waals surface area (Å²) in [6.07, 6.45) is 1.05. The van der Waals surface area contributed by atoms with Crippen molar-refractivity contribution in [2.45, 2.75) is 19.4 Å². The zero-order valence-corrected chi connectivity index (χ0v) is 10.2. The molecule has 18 heavy (non-hydrogen) atoms. The average Bonchev–Trinajstić information content (AvgIpc) is 3.01. The van der Waals surface area contributed by atoms with Crippen molar-refractivity contribution in [3.63, 3.8) is 0 Å². The fourth-order valence-corrected chi connectivity index (χ4v) is 2.08. The monoisotopic (exact) mass is 245 g/mol. The molecule has 0 saturated carbocycles. The zero-order chi connectivity index (χ0) is 12.4. The van der Waals surface area contributed by atoms with Crippen molar-refractivity contribution in [3.8, 4) is 5.69 Å². The Balaban J connectivity index is 1.82. The highest BCUT2D eigenvalue weighted by molar-refractivity contribution is 5.51. The molecule has 1 fully saturated rings. The quantitative estimate of drug-likeness (QED) is 0.879. The zero-order valence-electron chi connectivity index (χ0n) is 10.2. The minimum absolute atomic E-state index is 0.398. The van der Waals surface area contributed by atoms with Crippen LogP contribution >= 0.6 is 0 Å². The van der Waals surface area contributed by atoms with Gasteiger partial charge in [0.25, 0.3) is 0 Å². The number of ether oxygens (including phenoxy) is 1. The van der Waals surface area contributed by atoms with Gasteiger partial charge in [-0.2, -0.15) is 4.68 Å². The van der Waals surface area contributed by atoms with Gasteiger partial charge in [0.1, 0.15) is 0 Å². The van der Waals surface area contributed by atoms with Crippen molar-refractivity contribution in [1.82, 2.24) is 20.2 Å². The molecule has 94 valence electrons. The maximum absolute atomic E-state index is 5.35. The minimum Gasteiger partial charge on any atom is -0.380 e. The normalized spacial score (nSPS) is 19.1. The van der Waals surface area contributed by atoms with E-state index in [-0.39, 0.29) is 0 Å². The summed E-state index contributed by atoms with van der Waals surface area (Å²) in [6, 6.07) is 8.47. The summed E-state index contributed by atoms with van der Waals surface area (Å²) in [7, 11) is 0. The first kappa shape index (κ1) is 11.2. The van der Waals surface area contributed by atoms with Gasteiger partial charge in [-0.05, 0) is 42.0 Å². The number of nitrogens with zero attached hydrogens (tertiary/aromatic N) is 4. The van der Waals surface area contributed by atoms with E-state index in [1.165, 1.54) is 0 Å². The van der Waals surface area contributed by atoms with Crippen molar-refractivity contribution >= 4 is 5.69 Å². The van der Waals surface area contributed by atoms with Gasteiger partial charge in [0.15, 0.2) is 5.82 Å². The van der Waals surface area contributed by atoms with E-state index in [2.05, 4.69) is 20.8 Å². The minimum atomic E-state index is 0.398. The van der Waals surface area contributed by atoms with E-state index in [1.54, 1.807) is 4.68 Å². The van der Waals surface area contributed by atoms with Crippen LogP contribution in [-0.4, -0.2) is 39.5 Å². The van der Waals surface area contributed by atoms with Gasteiger partial charge in [0, 0.05) is 12.3 Å². The number of rotatable bonds is 3. The molecule has 6 heteroatoms. The Morgan fingerprint density at radius 1 is 1.44 bits per heavy atom. The van der Waals surface area contributed by atoms with E-state index < -0.39 is 0 Å². The van der Waals surface area contributed by atoms with Crippen LogP contribution in [-0.2, 0) is 4.74 Å². The van der Waals surface area contributed by atoms with Gasteiger partial charge in [-0.1, -0.05) is 6.07 Å². The number of aryl methyl sites for hydroxylation is 1. The standard InChI is InChI=1S/C12H15N5O/c1-9-14-15-16-17(9)12-4-2-3-10(7-12)13-11-5-6-18-8-11/h2-4,7,11,13H,5-6,8H2,1H3. The maximum atomic E-state index is 5.35. The summed E-state index contributed by atoms with van der Waals surface area (Å²) in [4.78, 5) is 0. The van der Waals surface area contributed by atoms with E-state index in [4.69, 9.17) is 4.74 Å². The SMILES string of the molecule is Cc1nnnn1-c1cccc(NC2CCOC2)c1. The predicted octanol–water partition coefficient (Wildman–Crippen LogP) is 1.17. The lowest BCUT2D eigenvalue weighted by Crippen LogP contribution is -2.18. The second-order valence-electron chi connectivity index (χ2n) is 4.39. The Bertz CT molecular complexity index is 533. The molecule has 0 aliphatic carbocycles. The van der Waals surface area contributed by atoms with Gasteiger partial charge in [-0.3, -0.25) is 0 Å². The van der Waals surface area contributed by atoms with Crippen LogP contribution in [0.5, 0.6) is 0 Å². The highest BCUT2D eigenvalue weighted by atomic mass is 16.5. The Morgan fingerprint density at radius 3 is 3.11 bits per heavy atom. The van der Waals surface area contributed by atoms with Crippen LogP contribution in [0, 0.1) is 6.92 Å². The smallest absolute Gasteiger partial charge is 0.153 e. The molecule has 0 radical (unpaired) electrons. The largest absolute Gasteiger partial charge is 0.380 e. The van der Waals surface area contributed by atoms with Crippen LogP contribution in [0.15, 0.2) is 24.3 Å². The third kappa shape index (κ3) is 2.19. The lowest BCUT2D eigenvalue weighted by atomic mass is 10.2. The van der Waals surface area contributed by atoms with Crippen LogP contribution in [0.1, 0.15) is 12.2 Å². The molecule has 1 unspecified atom stereocenters. The Hall–Kier alpha value is -1.95. The summed E-state index contributed by atoms with van der Waals surface area (Å²) < 4.78 is 7.07. The molecule has 1 N–H and O–H groups in total. The average molecular weight is 245 g/mol. The second kappa shape index (κ2) is 4.73. The summed E-state index contributed by atoms with van der Waals surface area (Å²) in [6.45, 7) is 3.49. The Labute approximate surface area is 105 Å². The maximum Gasteiger partial charge on any atom is 0.153 e. The molecule has 0 bridgehead atoms. The number of tetrazole rings is 1. The van der Waals surface area contributed by atoms with Crippen LogP contribution < -0.4 is 5.32 Å². The van der Waals surface area contributed by atoms with Crippen LogP contribution in [0.25, 0.3) is 5.69 Å². The van der Waals surface area contributed by atoms with Gasteiger partial charge >= 0.3 is 0 Å². The molecule has 2 aromatic rings. The van der Waals surface area contributed by atoms with Crippen molar-refractivity contribution in [3.05, 3.63) is 30.1 Å². The number of hydrogen-bond donors (Lipinski definition) is 1. The molecule has 0 spiro atoms.